The Morgan fingerprint density at radius 3 is 2.50 bits per heavy atom. The maximum Gasteiger partial charge on any atom is 0.306 e. The number of carbonyl (C=O) groups is 3. The predicted molar refractivity (Wildman–Crippen MR) is 109 cm³/mol. The highest BCUT2D eigenvalue weighted by atomic mass is 32.1. The van der Waals surface area contributed by atoms with E-state index in [1.165, 1.54) is 6.92 Å². The number of thiazole rings is 1. The highest BCUT2D eigenvalue weighted by molar-refractivity contribution is 7.18. The number of nitrogens with one attached hydrogen (secondary N) is 1. The molecule has 6 nitrogen and oxygen atoms in total. The van der Waals surface area contributed by atoms with E-state index in [1.54, 1.807) is 42.5 Å². The van der Waals surface area contributed by atoms with Crippen LogP contribution in [0.5, 0.6) is 0 Å². The van der Waals surface area contributed by atoms with Crippen molar-refractivity contribution in [3.63, 3.8) is 0 Å². The minimum atomic E-state index is -0.880. The molecule has 0 spiro atoms. The predicted octanol–water partition coefficient (Wildman–Crippen LogP) is 4.00. The molecule has 0 aliphatic carbocycles. The molecule has 144 valence electrons. The zero-order valence-electron chi connectivity index (χ0n) is 15.6. The number of hydrogen-bond donors (Lipinski definition) is 1. The molecule has 0 saturated heterocycles. The zero-order chi connectivity index (χ0) is 20.1. The van der Waals surface area contributed by atoms with Crippen LogP contribution < -0.4 is 5.32 Å². The molecule has 0 bridgehead atoms. The van der Waals surface area contributed by atoms with Crippen LogP contribution in [0, 0.1) is 0 Å². The second-order valence-corrected chi connectivity index (χ2v) is 7.45. The number of amides is 1. The Balaban J connectivity index is 1.52. The Kier molecular flexibility index (Phi) is 6.16. The first-order chi connectivity index (χ1) is 13.4. The molecule has 7 heteroatoms. The lowest BCUT2D eigenvalue weighted by atomic mass is 10.1. The lowest BCUT2D eigenvalue weighted by molar-refractivity contribution is -0.146. The Morgan fingerprint density at radius 1 is 1.11 bits per heavy atom. The highest BCUT2D eigenvalue weighted by Gasteiger charge is 2.20. The molecule has 0 aliphatic heterocycles. The molecular weight excluding hydrogens is 376 g/mol. The molecule has 0 radical (unpaired) electrons. The van der Waals surface area contributed by atoms with Crippen LogP contribution in [0.1, 0.15) is 35.6 Å². The van der Waals surface area contributed by atoms with Gasteiger partial charge in [-0.25, -0.2) is 4.98 Å². The second-order valence-electron chi connectivity index (χ2n) is 6.33. The van der Waals surface area contributed by atoms with Crippen LogP contribution in [0.3, 0.4) is 0 Å². The first kappa shape index (κ1) is 19.7. The van der Waals surface area contributed by atoms with Gasteiger partial charge >= 0.3 is 5.97 Å². The molecular formula is C21H20N2O4S. The summed E-state index contributed by atoms with van der Waals surface area (Å²) in [7, 11) is 0. The number of ketones is 1. The Bertz CT molecular complexity index is 978. The fourth-order valence-corrected chi connectivity index (χ4v) is 3.67. The van der Waals surface area contributed by atoms with E-state index in [9.17, 15) is 14.4 Å². The molecule has 28 heavy (non-hydrogen) atoms. The third-order valence-electron chi connectivity index (χ3n) is 4.05. The van der Waals surface area contributed by atoms with Crippen molar-refractivity contribution in [3.8, 4) is 0 Å². The first-order valence-electron chi connectivity index (χ1n) is 8.88. The number of benzene rings is 2. The summed E-state index contributed by atoms with van der Waals surface area (Å²) in [4.78, 5) is 40.1. The van der Waals surface area contributed by atoms with Gasteiger partial charge in [0.1, 0.15) is 0 Å². The van der Waals surface area contributed by atoms with Crippen molar-refractivity contribution in [3.05, 3.63) is 59.1 Å². The maximum atomic E-state index is 12.4. The van der Waals surface area contributed by atoms with E-state index in [4.69, 9.17) is 4.74 Å². The van der Waals surface area contributed by atoms with E-state index >= 15 is 0 Å². The number of para-hydroxylation sites is 1. The third kappa shape index (κ3) is 5.01. The Labute approximate surface area is 166 Å². The molecule has 1 amide bonds. The molecule has 0 aliphatic rings. The Hall–Kier alpha value is -3.06. The van der Waals surface area contributed by atoms with Gasteiger partial charge in [0.15, 0.2) is 6.10 Å². The number of fused-ring (bicyclic) bond motifs is 1. The molecule has 3 rings (SSSR count). The van der Waals surface area contributed by atoms with Crippen LogP contribution in [-0.2, 0) is 20.7 Å². The molecule has 0 fully saturated rings. The molecule has 1 heterocycles. The average molecular weight is 396 g/mol. The topological polar surface area (TPSA) is 85.4 Å². The van der Waals surface area contributed by atoms with Gasteiger partial charge in [0.25, 0.3) is 0 Å². The van der Waals surface area contributed by atoms with E-state index in [2.05, 4.69) is 10.3 Å². The largest absolute Gasteiger partial charge is 0.454 e. The average Bonchev–Trinajstić information content (AvgIpc) is 3.09. The van der Waals surface area contributed by atoms with Crippen LogP contribution in [-0.4, -0.2) is 28.7 Å². The van der Waals surface area contributed by atoms with Gasteiger partial charge in [0, 0.05) is 24.6 Å². The normalized spacial score (nSPS) is 11.8. The second kappa shape index (κ2) is 8.75. The summed E-state index contributed by atoms with van der Waals surface area (Å²) in [6, 6.07) is 14.3. The first-order valence-corrected chi connectivity index (χ1v) is 9.70. The molecule has 1 N–H and O–H groups in total. The van der Waals surface area contributed by atoms with Gasteiger partial charge in [-0.2, -0.15) is 0 Å². The van der Waals surface area contributed by atoms with Crippen molar-refractivity contribution in [1.82, 2.24) is 4.98 Å². The number of ether oxygens (including phenoxy) is 1. The summed E-state index contributed by atoms with van der Waals surface area (Å²) >= 11 is 1.55. The van der Waals surface area contributed by atoms with Crippen molar-refractivity contribution < 1.29 is 19.1 Å². The molecule has 2 aromatic carbocycles. The van der Waals surface area contributed by atoms with Crippen molar-refractivity contribution in [2.24, 2.45) is 0 Å². The van der Waals surface area contributed by atoms with Crippen molar-refractivity contribution >= 4 is 44.9 Å². The standard InChI is InChI=1S/C21H20N2O4S/c1-13(21(26)15-7-9-16(10-8-15)22-14(2)24)27-20(25)12-11-19-23-17-5-3-4-6-18(17)28-19/h3-10,13H,11-12H2,1-2H3,(H,22,24)/t13-/m1/s1. The number of rotatable bonds is 7. The molecule has 0 saturated carbocycles. The van der Waals surface area contributed by atoms with Gasteiger partial charge in [-0.1, -0.05) is 12.1 Å². The lowest BCUT2D eigenvalue weighted by Crippen LogP contribution is -2.24. The van der Waals surface area contributed by atoms with E-state index < -0.39 is 12.1 Å². The van der Waals surface area contributed by atoms with Crippen molar-refractivity contribution in [1.29, 1.82) is 0 Å². The van der Waals surface area contributed by atoms with Gasteiger partial charge in [-0.15, -0.1) is 11.3 Å². The smallest absolute Gasteiger partial charge is 0.306 e. The number of aromatic nitrogens is 1. The monoisotopic (exact) mass is 396 g/mol. The number of anilines is 1. The summed E-state index contributed by atoms with van der Waals surface area (Å²) in [6.45, 7) is 2.97. The van der Waals surface area contributed by atoms with Crippen LogP contribution >= 0.6 is 11.3 Å². The molecule has 3 aromatic rings. The van der Waals surface area contributed by atoms with Gasteiger partial charge < -0.3 is 10.1 Å². The molecule has 1 aromatic heterocycles. The van der Waals surface area contributed by atoms with Crippen molar-refractivity contribution in [2.45, 2.75) is 32.8 Å². The summed E-state index contributed by atoms with van der Waals surface area (Å²) in [5, 5.41) is 3.50. The number of esters is 1. The number of aryl methyl sites for hydroxylation is 1. The van der Waals surface area contributed by atoms with Crippen LogP contribution in [0.15, 0.2) is 48.5 Å². The van der Waals surface area contributed by atoms with E-state index in [0.717, 1.165) is 15.2 Å². The van der Waals surface area contributed by atoms with Crippen molar-refractivity contribution in [2.75, 3.05) is 5.32 Å². The summed E-state index contributed by atoms with van der Waals surface area (Å²) in [6.07, 6.45) is -0.238. The number of carbonyl (C=O) groups excluding carboxylic acids is 3. The van der Waals surface area contributed by atoms with Gasteiger partial charge in [0.2, 0.25) is 11.7 Å². The molecule has 1 atom stereocenters. The summed E-state index contributed by atoms with van der Waals surface area (Å²) < 4.78 is 6.36. The quantitative estimate of drug-likeness (QED) is 0.482. The van der Waals surface area contributed by atoms with Gasteiger partial charge in [-0.3, -0.25) is 14.4 Å². The summed E-state index contributed by atoms with van der Waals surface area (Å²) in [5.41, 5.74) is 1.94. The third-order valence-corrected chi connectivity index (χ3v) is 5.14. The minimum absolute atomic E-state index is 0.166. The van der Waals surface area contributed by atoms with E-state index in [0.29, 0.717) is 17.7 Å². The number of hydrogen-bond acceptors (Lipinski definition) is 6. The van der Waals surface area contributed by atoms with Crippen LogP contribution in [0.2, 0.25) is 0 Å². The Morgan fingerprint density at radius 2 is 1.82 bits per heavy atom. The van der Waals surface area contributed by atoms with E-state index in [-0.39, 0.29) is 18.1 Å². The SMILES string of the molecule is CC(=O)Nc1ccc(C(=O)[C@@H](C)OC(=O)CCc2nc3ccccc3s2)cc1. The fourth-order valence-electron chi connectivity index (χ4n) is 2.70. The van der Waals surface area contributed by atoms with Crippen LogP contribution in [0.4, 0.5) is 5.69 Å². The fraction of sp³-hybridized carbons (Fsp3) is 0.238. The molecule has 0 unspecified atom stereocenters. The van der Waals surface area contributed by atoms with Gasteiger partial charge in [-0.05, 0) is 43.3 Å². The van der Waals surface area contributed by atoms with Gasteiger partial charge in [0.05, 0.1) is 21.6 Å². The lowest BCUT2D eigenvalue weighted by Gasteiger charge is -2.12. The zero-order valence-corrected chi connectivity index (χ0v) is 16.4. The maximum absolute atomic E-state index is 12.4. The minimum Gasteiger partial charge on any atom is -0.454 e. The van der Waals surface area contributed by atoms with Crippen LogP contribution in [0.25, 0.3) is 10.2 Å². The number of Topliss-reactive ketones (excluding diaryl/α,β-unsaturated/α-hetero) is 1. The highest BCUT2D eigenvalue weighted by Crippen LogP contribution is 2.22. The summed E-state index contributed by atoms with van der Waals surface area (Å²) in [5.74, 6) is -0.910. The number of nitrogens with zero attached hydrogens (tertiary/aromatic N) is 1. The van der Waals surface area contributed by atoms with E-state index in [1.807, 2.05) is 24.3 Å².